The van der Waals surface area contributed by atoms with Gasteiger partial charge in [-0.15, -0.1) is 10.2 Å². The molecule has 7 nitrogen and oxygen atoms in total. The lowest BCUT2D eigenvalue weighted by Crippen LogP contribution is -2.22. The Bertz CT molecular complexity index is 1180. The molecular formula is C19H16N4O3. The number of ether oxygens (including phenoxy) is 1. The minimum Gasteiger partial charge on any atom is -0.486 e. The normalized spacial score (nSPS) is 11.1. The van der Waals surface area contributed by atoms with Crippen LogP contribution in [0.3, 0.4) is 0 Å². The van der Waals surface area contributed by atoms with E-state index in [0.717, 1.165) is 11.8 Å². The highest BCUT2D eigenvalue weighted by atomic mass is 16.5. The minimum absolute atomic E-state index is 0.0887. The van der Waals surface area contributed by atoms with Crippen LogP contribution in [0, 0.1) is 0 Å². The molecule has 0 fully saturated rings. The maximum atomic E-state index is 12.7. The highest BCUT2D eigenvalue weighted by molar-refractivity contribution is 5.80. The molecule has 0 radical (unpaired) electrons. The van der Waals surface area contributed by atoms with Gasteiger partial charge in [0.1, 0.15) is 18.6 Å². The standard InChI is InChI=1S/C19H16N4O3/c1-2-22-18(25)15-8-3-4-9-16(15)23-17(20-21-19(22)23)12-26-14-7-5-6-13(10-14)11-24/h3-11H,2,12H2,1H3. The number of aromatic nitrogens is 4. The molecule has 0 aliphatic rings. The highest BCUT2D eigenvalue weighted by Crippen LogP contribution is 2.17. The fourth-order valence-corrected chi connectivity index (χ4v) is 3.02. The molecule has 4 rings (SSSR count). The Morgan fingerprint density at radius 3 is 2.77 bits per heavy atom. The zero-order valence-corrected chi connectivity index (χ0v) is 14.1. The van der Waals surface area contributed by atoms with Crippen molar-refractivity contribution in [2.45, 2.75) is 20.1 Å². The Labute approximate surface area is 148 Å². The number of nitrogens with zero attached hydrogens (tertiary/aromatic N) is 4. The Hall–Kier alpha value is -3.48. The lowest BCUT2D eigenvalue weighted by Gasteiger charge is -2.10. The number of rotatable bonds is 5. The third-order valence-corrected chi connectivity index (χ3v) is 4.25. The Balaban J connectivity index is 1.82. The fraction of sp³-hybridized carbons (Fsp3) is 0.158. The fourth-order valence-electron chi connectivity index (χ4n) is 3.02. The summed E-state index contributed by atoms with van der Waals surface area (Å²) in [5, 5.41) is 9.00. The quantitative estimate of drug-likeness (QED) is 0.518. The second-order valence-electron chi connectivity index (χ2n) is 5.80. The number of carbonyl (C=O) groups is 1. The first-order chi connectivity index (χ1) is 12.7. The van der Waals surface area contributed by atoms with E-state index in [9.17, 15) is 9.59 Å². The maximum Gasteiger partial charge on any atom is 0.262 e. The van der Waals surface area contributed by atoms with E-state index in [2.05, 4.69) is 10.2 Å². The summed E-state index contributed by atoms with van der Waals surface area (Å²) in [5.74, 6) is 1.63. The summed E-state index contributed by atoms with van der Waals surface area (Å²) in [6, 6.07) is 14.3. The van der Waals surface area contributed by atoms with Gasteiger partial charge < -0.3 is 4.74 Å². The van der Waals surface area contributed by atoms with E-state index in [4.69, 9.17) is 4.74 Å². The van der Waals surface area contributed by atoms with Crippen molar-refractivity contribution in [2.75, 3.05) is 0 Å². The van der Waals surface area contributed by atoms with Crippen molar-refractivity contribution < 1.29 is 9.53 Å². The topological polar surface area (TPSA) is 78.5 Å². The summed E-state index contributed by atoms with van der Waals surface area (Å²) >= 11 is 0. The molecule has 130 valence electrons. The number of carbonyl (C=O) groups excluding carboxylic acids is 1. The summed E-state index contributed by atoms with van der Waals surface area (Å²) in [6.07, 6.45) is 0.771. The molecule has 26 heavy (non-hydrogen) atoms. The Morgan fingerprint density at radius 1 is 1.12 bits per heavy atom. The van der Waals surface area contributed by atoms with Crippen LogP contribution in [0.25, 0.3) is 16.7 Å². The van der Waals surface area contributed by atoms with E-state index in [0.29, 0.717) is 34.8 Å². The second-order valence-corrected chi connectivity index (χ2v) is 5.80. The van der Waals surface area contributed by atoms with Crippen LogP contribution in [-0.2, 0) is 13.2 Å². The van der Waals surface area contributed by atoms with Gasteiger partial charge in [0.15, 0.2) is 5.82 Å². The van der Waals surface area contributed by atoms with Gasteiger partial charge in [-0.05, 0) is 31.2 Å². The van der Waals surface area contributed by atoms with Crippen molar-refractivity contribution in [3.63, 3.8) is 0 Å². The second kappa shape index (κ2) is 6.44. The lowest BCUT2D eigenvalue weighted by molar-refractivity contribution is 0.112. The number of benzene rings is 2. The average molecular weight is 348 g/mol. The van der Waals surface area contributed by atoms with Crippen LogP contribution < -0.4 is 10.3 Å². The van der Waals surface area contributed by atoms with Crippen molar-refractivity contribution in [3.05, 3.63) is 70.3 Å². The van der Waals surface area contributed by atoms with E-state index < -0.39 is 0 Å². The molecule has 0 aliphatic heterocycles. The van der Waals surface area contributed by atoms with E-state index in [-0.39, 0.29) is 12.2 Å². The van der Waals surface area contributed by atoms with Gasteiger partial charge in [0, 0.05) is 12.1 Å². The molecular weight excluding hydrogens is 332 g/mol. The molecule has 0 aliphatic carbocycles. The predicted octanol–water partition coefficient (Wildman–Crippen LogP) is 2.46. The summed E-state index contributed by atoms with van der Waals surface area (Å²) in [6.45, 7) is 2.55. The molecule has 0 bridgehead atoms. The summed E-state index contributed by atoms with van der Waals surface area (Å²) < 4.78 is 9.21. The maximum absolute atomic E-state index is 12.7. The van der Waals surface area contributed by atoms with Crippen molar-refractivity contribution in [1.82, 2.24) is 19.2 Å². The number of aldehydes is 1. The van der Waals surface area contributed by atoms with Gasteiger partial charge in [0.2, 0.25) is 5.78 Å². The zero-order valence-electron chi connectivity index (χ0n) is 14.1. The van der Waals surface area contributed by atoms with E-state index >= 15 is 0 Å². The van der Waals surface area contributed by atoms with Crippen LogP contribution in [0.4, 0.5) is 0 Å². The van der Waals surface area contributed by atoms with Crippen LogP contribution >= 0.6 is 0 Å². The zero-order chi connectivity index (χ0) is 18.1. The molecule has 0 spiro atoms. The molecule has 0 unspecified atom stereocenters. The molecule has 2 heterocycles. The first-order valence-corrected chi connectivity index (χ1v) is 8.26. The first kappa shape index (κ1) is 16.0. The van der Waals surface area contributed by atoms with Crippen LogP contribution in [-0.4, -0.2) is 25.5 Å². The van der Waals surface area contributed by atoms with Crippen LogP contribution in [0.1, 0.15) is 23.1 Å². The van der Waals surface area contributed by atoms with Crippen molar-refractivity contribution in [1.29, 1.82) is 0 Å². The summed E-state index contributed by atoms with van der Waals surface area (Å²) in [7, 11) is 0. The lowest BCUT2D eigenvalue weighted by atomic mass is 10.2. The minimum atomic E-state index is -0.0887. The third kappa shape index (κ3) is 2.54. The average Bonchev–Trinajstić information content (AvgIpc) is 3.11. The molecule has 0 amide bonds. The highest BCUT2D eigenvalue weighted by Gasteiger charge is 2.15. The number of hydrogen-bond donors (Lipinski definition) is 0. The van der Waals surface area contributed by atoms with Crippen LogP contribution in [0.15, 0.2) is 53.3 Å². The van der Waals surface area contributed by atoms with E-state index in [1.54, 1.807) is 34.9 Å². The molecule has 0 saturated heterocycles. The SMILES string of the molecule is CCn1c(=O)c2ccccc2n2c(COc3cccc(C=O)c3)nnc12. The summed E-state index contributed by atoms with van der Waals surface area (Å²) in [4.78, 5) is 23.6. The molecule has 0 N–H and O–H groups in total. The number of para-hydroxylation sites is 1. The van der Waals surface area contributed by atoms with Crippen molar-refractivity contribution in [2.24, 2.45) is 0 Å². The number of fused-ring (bicyclic) bond motifs is 3. The molecule has 7 heteroatoms. The van der Waals surface area contributed by atoms with Gasteiger partial charge in [-0.3, -0.25) is 18.6 Å². The molecule has 0 saturated carbocycles. The van der Waals surface area contributed by atoms with Crippen LogP contribution in [0.5, 0.6) is 5.75 Å². The largest absolute Gasteiger partial charge is 0.486 e. The Kier molecular flexibility index (Phi) is 3.96. The van der Waals surface area contributed by atoms with Gasteiger partial charge in [-0.1, -0.05) is 24.3 Å². The molecule has 4 aromatic rings. The van der Waals surface area contributed by atoms with E-state index in [1.807, 2.05) is 29.5 Å². The predicted molar refractivity (Wildman–Crippen MR) is 96.6 cm³/mol. The van der Waals surface area contributed by atoms with Gasteiger partial charge in [-0.2, -0.15) is 0 Å². The smallest absolute Gasteiger partial charge is 0.262 e. The third-order valence-electron chi connectivity index (χ3n) is 4.25. The van der Waals surface area contributed by atoms with Crippen molar-refractivity contribution >= 4 is 23.0 Å². The van der Waals surface area contributed by atoms with Gasteiger partial charge in [0.05, 0.1) is 10.9 Å². The van der Waals surface area contributed by atoms with Gasteiger partial charge in [-0.25, -0.2) is 0 Å². The monoisotopic (exact) mass is 348 g/mol. The first-order valence-electron chi connectivity index (χ1n) is 8.26. The molecule has 2 aromatic heterocycles. The van der Waals surface area contributed by atoms with Gasteiger partial charge >= 0.3 is 0 Å². The van der Waals surface area contributed by atoms with Crippen LogP contribution in [0.2, 0.25) is 0 Å². The number of hydrogen-bond acceptors (Lipinski definition) is 5. The van der Waals surface area contributed by atoms with Gasteiger partial charge in [0.25, 0.3) is 5.56 Å². The molecule has 2 aromatic carbocycles. The van der Waals surface area contributed by atoms with E-state index in [1.165, 1.54) is 0 Å². The van der Waals surface area contributed by atoms with Crippen molar-refractivity contribution in [3.8, 4) is 5.75 Å². The number of aryl methyl sites for hydroxylation is 1. The Morgan fingerprint density at radius 2 is 1.96 bits per heavy atom. The summed E-state index contributed by atoms with van der Waals surface area (Å²) in [5.41, 5.74) is 1.19. The molecule has 0 atom stereocenters.